The third-order valence-electron chi connectivity index (χ3n) is 2.40. The molecule has 1 saturated heterocycles. The quantitative estimate of drug-likeness (QED) is 0.511. The number of aryl methyl sites for hydroxylation is 1. The average molecular weight is 178 g/mol. The normalized spacial score (nSPS) is 16.5. The van der Waals surface area contributed by atoms with E-state index in [-0.39, 0.29) is 0 Å². The molecule has 0 saturated carbocycles. The highest BCUT2D eigenvalue weighted by atomic mass is 15.3. The van der Waals surface area contributed by atoms with Gasteiger partial charge in [0.15, 0.2) is 0 Å². The number of hydrogen-bond acceptors (Lipinski definition) is 2. The number of aromatic nitrogens is 2. The van der Waals surface area contributed by atoms with E-state index in [2.05, 4.69) is 10.00 Å². The minimum absolute atomic E-state index is 0.616. The predicted octanol–water partition coefficient (Wildman–Crippen LogP) is 0.841. The molecule has 0 atom stereocenters. The molecule has 0 radical (unpaired) electrons. The summed E-state index contributed by atoms with van der Waals surface area (Å²) in [5.41, 5.74) is 0.921. The molecule has 0 aromatic carbocycles. The maximum Gasteiger partial charge on any atom is 0.131 e. The molecule has 1 aliphatic rings. The van der Waals surface area contributed by atoms with Gasteiger partial charge in [0.25, 0.3) is 0 Å². The van der Waals surface area contributed by atoms with Crippen molar-refractivity contribution in [3.05, 3.63) is 18.0 Å². The molecule has 4 heteroatoms. The number of amidine groups is 1. The molecule has 0 spiro atoms. The van der Waals surface area contributed by atoms with Gasteiger partial charge < -0.3 is 4.90 Å². The zero-order valence-electron chi connectivity index (χ0n) is 7.82. The lowest BCUT2D eigenvalue weighted by atomic mass is 10.3. The molecule has 1 aliphatic heterocycles. The fraction of sp³-hybridized carbons (Fsp3) is 0.556. The predicted molar refractivity (Wildman–Crippen MR) is 50.8 cm³/mol. The van der Waals surface area contributed by atoms with Gasteiger partial charge in [0.2, 0.25) is 0 Å². The monoisotopic (exact) mass is 178 g/mol. The van der Waals surface area contributed by atoms with Crippen molar-refractivity contribution < 1.29 is 0 Å². The van der Waals surface area contributed by atoms with Crippen LogP contribution in [-0.2, 0) is 7.05 Å². The van der Waals surface area contributed by atoms with E-state index in [9.17, 15) is 0 Å². The van der Waals surface area contributed by atoms with E-state index < -0.39 is 0 Å². The zero-order chi connectivity index (χ0) is 9.26. The second-order valence-corrected chi connectivity index (χ2v) is 3.45. The van der Waals surface area contributed by atoms with Crippen LogP contribution in [-0.4, -0.2) is 33.6 Å². The first kappa shape index (κ1) is 8.29. The van der Waals surface area contributed by atoms with E-state index in [1.165, 1.54) is 12.8 Å². The van der Waals surface area contributed by atoms with Crippen molar-refractivity contribution in [2.75, 3.05) is 13.1 Å². The van der Waals surface area contributed by atoms with Crippen LogP contribution in [0.4, 0.5) is 0 Å². The zero-order valence-corrected chi connectivity index (χ0v) is 7.82. The smallest absolute Gasteiger partial charge is 0.131 e. The molecule has 2 heterocycles. The van der Waals surface area contributed by atoms with E-state index in [4.69, 9.17) is 5.41 Å². The Kier molecular flexibility index (Phi) is 2.04. The van der Waals surface area contributed by atoms with Crippen LogP contribution >= 0.6 is 0 Å². The summed E-state index contributed by atoms with van der Waals surface area (Å²) in [6.07, 6.45) is 6.06. The van der Waals surface area contributed by atoms with Crippen LogP contribution in [0.2, 0.25) is 0 Å². The Balaban J connectivity index is 2.12. The van der Waals surface area contributed by atoms with Gasteiger partial charge >= 0.3 is 0 Å². The third-order valence-corrected chi connectivity index (χ3v) is 2.40. The summed E-state index contributed by atoms with van der Waals surface area (Å²) in [5, 5.41) is 12.0. The molecule has 0 unspecified atom stereocenters. The van der Waals surface area contributed by atoms with Gasteiger partial charge in [-0.25, -0.2) is 0 Å². The molecule has 2 rings (SSSR count). The lowest BCUT2D eigenvalue weighted by molar-refractivity contribution is 0.517. The van der Waals surface area contributed by atoms with Gasteiger partial charge in [-0.2, -0.15) is 5.10 Å². The van der Waals surface area contributed by atoms with E-state index in [1.807, 2.05) is 13.2 Å². The molecule has 4 nitrogen and oxygen atoms in total. The lowest BCUT2D eigenvalue weighted by Gasteiger charge is -2.16. The Morgan fingerprint density at radius 3 is 2.69 bits per heavy atom. The standard InChI is InChI=1S/C9H14N4/c1-12-7-8(6-11-12)9(10)13-4-2-3-5-13/h6-7,10H,2-5H2,1H3. The number of hydrogen-bond donors (Lipinski definition) is 1. The fourth-order valence-electron chi connectivity index (χ4n) is 1.67. The maximum absolute atomic E-state index is 7.91. The lowest BCUT2D eigenvalue weighted by Crippen LogP contribution is -2.27. The highest BCUT2D eigenvalue weighted by Crippen LogP contribution is 2.11. The van der Waals surface area contributed by atoms with Gasteiger partial charge in [-0.3, -0.25) is 10.1 Å². The minimum Gasteiger partial charge on any atom is -0.357 e. The first-order chi connectivity index (χ1) is 6.27. The summed E-state index contributed by atoms with van der Waals surface area (Å²) in [7, 11) is 1.88. The molecular weight excluding hydrogens is 164 g/mol. The molecule has 0 aliphatic carbocycles. The van der Waals surface area contributed by atoms with Gasteiger partial charge in [0.05, 0.1) is 11.8 Å². The summed E-state index contributed by atoms with van der Waals surface area (Å²) < 4.78 is 1.74. The van der Waals surface area contributed by atoms with Crippen LogP contribution in [0, 0.1) is 5.41 Å². The summed E-state index contributed by atoms with van der Waals surface area (Å²) in [6.45, 7) is 2.04. The van der Waals surface area contributed by atoms with Gasteiger partial charge in [-0.1, -0.05) is 0 Å². The van der Waals surface area contributed by atoms with Gasteiger partial charge in [0, 0.05) is 26.3 Å². The Labute approximate surface area is 77.7 Å². The van der Waals surface area contributed by atoms with E-state index in [1.54, 1.807) is 10.9 Å². The van der Waals surface area contributed by atoms with Crippen LogP contribution in [0.25, 0.3) is 0 Å². The second kappa shape index (κ2) is 3.20. The van der Waals surface area contributed by atoms with Crippen molar-refractivity contribution in [2.24, 2.45) is 7.05 Å². The van der Waals surface area contributed by atoms with Crippen molar-refractivity contribution in [3.63, 3.8) is 0 Å². The molecule has 1 aromatic rings. The number of likely N-dealkylation sites (tertiary alicyclic amines) is 1. The second-order valence-electron chi connectivity index (χ2n) is 3.45. The van der Waals surface area contributed by atoms with E-state index >= 15 is 0 Å². The fourth-order valence-corrected chi connectivity index (χ4v) is 1.67. The highest BCUT2D eigenvalue weighted by Gasteiger charge is 2.16. The SMILES string of the molecule is Cn1cc(C(=N)N2CCCC2)cn1. The topological polar surface area (TPSA) is 44.9 Å². The van der Waals surface area contributed by atoms with Crippen molar-refractivity contribution in [1.82, 2.24) is 14.7 Å². The largest absolute Gasteiger partial charge is 0.357 e. The van der Waals surface area contributed by atoms with Crippen molar-refractivity contribution >= 4 is 5.84 Å². The van der Waals surface area contributed by atoms with E-state index in [0.717, 1.165) is 18.7 Å². The Morgan fingerprint density at radius 1 is 1.46 bits per heavy atom. The van der Waals surface area contributed by atoms with Crippen molar-refractivity contribution in [3.8, 4) is 0 Å². The molecule has 70 valence electrons. The molecular formula is C9H14N4. The third kappa shape index (κ3) is 1.56. The van der Waals surface area contributed by atoms with E-state index in [0.29, 0.717) is 5.84 Å². The van der Waals surface area contributed by atoms with Crippen LogP contribution in [0.15, 0.2) is 12.4 Å². The maximum atomic E-state index is 7.91. The molecule has 1 N–H and O–H groups in total. The number of nitrogens with zero attached hydrogens (tertiary/aromatic N) is 3. The van der Waals surface area contributed by atoms with Crippen LogP contribution < -0.4 is 0 Å². The first-order valence-electron chi connectivity index (χ1n) is 4.60. The molecule has 13 heavy (non-hydrogen) atoms. The highest BCUT2D eigenvalue weighted by molar-refractivity contribution is 5.96. The summed E-state index contributed by atoms with van der Waals surface area (Å²) in [6, 6.07) is 0. The molecule has 1 aromatic heterocycles. The van der Waals surface area contributed by atoms with Crippen LogP contribution in [0.1, 0.15) is 18.4 Å². The van der Waals surface area contributed by atoms with Crippen LogP contribution in [0.5, 0.6) is 0 Å². The average Bonchev–Trinajstić information content (AvgIpc) is 2.72. The Bertz CT molecular complexity index is 309. The Morgan fingerprint density at radius 2 is 2.15 bits per heavy atom. The van der Waals surface area contributed by atoms with Gasteiger partial charge in [-0.05, 0) is 12.8 Å². The van der Waals surface area contributed by atoms with Crippen molar-refractivity contribution in [1.29, 1.82) is 5.41 Å². The summed E-state index contributed by atoms with van der Waals surface area (Å²) in [4.78, 5) is 2.11. The minimum atomic E-state index is 0.616. The van der Waals surface area contributed by atoms with Gasteiger partial charge in [-0.15, -0.1) is 0 Å². The molecule has 0 bridgehead atoms. The summed E-state index contributed by atoms with van der Waals surface area (Å²) >= 11 is 0. The van der Waals surface area contributed by atoms with Crippen molar-refractivity contribution in [2.45, 2.75) is 12.8 Å². The number of nitrogens with one attached hydrogen (secondary N) is 1. The molecule has 0 amide bonds. The first-order valence-corrected chi connectivity index (χ1v) is 4.60. The van der Waals surface area contributed by atoms with Crippen LogP contribution in [0.3, 0.4) is 0 Å². The summed E-state index contributed by atoms with van der Waals surface area (Å²) in [5.74, 6) is 0.616. The molecule has 1 fully saturated rings. The number of rotatable bonds is 1. The van der Waals surface area contributed by atoms with Gasteiger partial charge in [0.1, 0.15) is 5.84 Å². The Hall–Kier alpha value is -1.32.